The molecule has 7 nitrogen and oxygen atoms in total. The van der Waals surface area contributed by atoms with Crippen LogP contribution in [0.5, 0.6) is 5.88 Å². The normalized spacial score (nSPS) is 16.0. The van der Waals surface area contributed by atoms with Gasteiger partial charge in [-0.25, -0.2) is 4.39 Å². The Kier molecular flexibility index (Phi) is 4.39. The Balaban J connectivity index is 2.12. The van der Waals surface area contributed by atoms with Crippen molar-refractivity contribution in [3.8, 4) is 11.9 Å². The third-order valence-corrected chi connectivity index (χ3v) is 3.83. The molecule has 25 heavy (non-hydrogen) atoms. The number of halogens is 1. The molecule has 1 atom stereocenters. The summed E-state index contributed by atoms with van der Waals surface area (Å²) in [6, 6.07) is 7.83. The van der Waals surface area contributed by atoms with Crippen molar-refractivity contribution in [1.82, 2.24) is 10.2 Å². The van der Waals surface area contributed by atoms with Crippen molar-refractivity contribution in [2.24, 2.45) is 5.73 Å². The molecular formula is C17H15FN4O3. The van der Waals surface area contributed by atoms with Gasteiger partial charge in [0.1, 0.15) is 17.5 Å². The van der Waals surface area contributed by atoms with Gasteiger partial charge in [0, 0.05) is 0 Å². The van der Waals surface area contributed by atoms with Crippen LogP contribution in [0, 0.1) is 17.1 Å². The van der Waals surface area contributed by atoms with Gasteiger partial charge < -0.3 is 15.2 Å². The lowest BCUT2D eigenvalue weighted by Crippen LogP contribution is -2.22. The lowest BCUT2D eigenvalue weighted by molar-refractivity contribution is -0.142. The Morgan fingerprint density at radius 3 is 3.04 bits per heavy atom. The van der Waals surface area contributed by atoms with Crippen LogP contribution >= 0.6 is 0 Å². The topological polar surface area (TPSA) is 114 Å². The van der Waals surface area contributed by atoms with Gasteiger partial charge in [0.2, 0.25) is 11.8 Å². The monoisotopic (exact) mass is 342 g/mol. The number of nitrogens with one attached hydrogen (secondary N) is 1. The smallest absolute Gasteiger partial charge is 0.311 e. The maximum Gasteiger partial charge on any atom is 0.311 e. The molecule has 2 heterocycles. The van der Waals surface area contributed by atoms with Gasteiger partial charge in [-0.2, -0.15) is 5.26 Å². The number of nitrogens with two attached hydrogens (primary N) is 1. The number of hydrogen-bond acceptors (Lipinski definition) is 6. The van der Waals surface area contributed by atoms with E-state index in [1.807, 2.05) is 6.07 Å². The lowest BCUT2D eigenvalue weighted by atomic mass is 9.83. The first-order valence-corrected chi connectivity index (χ1v) is 7.61. The molecule has 0 aliphatic carbocycles. The van der Waals surface area contributed by atoms with E-state index in [0.29, 0.717) is 16.8 Å². The number of aromatic nitrogens is 2. The molecule has 0 fully saturated rings. The quantitative estimate of drug-likeness (QED) is 0.820. The summed E-state index contributed by atoms with van der Waals surface area (Å²) >= 11 is 0. The number of esters is 1. The first kappa shape index (κ1) is 16.5. The summed E-state index contributed by atoms with van der Waals surface area (Å²) < 4.78 is 24.0. The second kappa shape index (κ2) is 6.65. The average molecular weight is 342 g/mol. The molecule has 1 aromatic carbocycles. The third kappa shape index (κ3) is 3.04. The highest BCUT2D eigenvalue weighted by atomic mass is 19.1. The molecule has 2 aromatic rings. The van der Waals surface area contributed by atoms with Crippen LogP contribution in [0.2, 0.25) is 0 Å². The number of H-pyrrole nitrogens is 1. The van der Waals surface area contributed by atoms with Crippen LogP contribution in [0.4, 0.5) is 4.39 Å². The third-order valence-electron chi connectivity index (χ3n) is 3.83. The summed E-state index contributed by atoms with van der Waals surface area (Å²) in [5.74, 6) is -1.53. The minimum Gasteiger partial charge on any atom is -0.466 e. The van der Waals surface area contributed by atoms with Gasteiger partial charge in [-0.3, -0.25) is 9.89 Å². The minimum absolute atomic E-state index is 0.0794. The van der Waals surface area contributed by atoms with Crippen molar-refractivity contribution in [1.29, 1.82) is 5.26 Å². The lowest BCUT2D eigenvalue weighted by Gasteiger charge is -2.24. The number of carbonyl (C=O) groups is 1. The summed E-state index contributed by atoms with van der Waals surface area (Å²) in [4.78, 5) is 11.8. The molecule has 0 bridgehead atoms. The molecule has 0 saturated heterocycles. The zero-order valence-corrected chi connectivity index (χ0v) is 13.4. The van der Waals surface area contributed by atoms with E-state index >= 15 is 0 Å². The second-order valence-corrected chi connectivity index (χ2v) is 5.38. The number of allylic oxidation sites excluding steroid dienone is 1. The Morgan fingerprint density at radius 2 is 2.36 bits per heavy atom. The fourth-order valence-electron chi connectivity index (χ4n) is 2.82. The van der Waals surface area contributed by atoms with Gasteiger partial charge in [0.15, 0.2) is 0 Å². The van der Waals surface area contributed by atoms with Crippen molar-refractivity contribution in [3.05, 3.63) is 58.4 Å². The van der Waals surface area contributed by atoms with Gasteiger partial charge in [0.25, 0.3) is 0 Å². The molecule has 0 spiro atoms. The van der Waals surface area contributed by atoms with E-state index in [1.54, 1.807) is 13.0 Å². The summed E-state index contributed by atoms with van der Waals surface area (Å²) in [7, 11) is 0. The zero-order chi connectivity index (χ0) is 18.0. The number of aromatic amines is 1. The van der Waals surface area contributed by atoms with Crippen molar-refractivity contribution in [3.63, 3.8) is 0 Å². The van der Waals surface area contributed by atoms with E-state index in [9.17, 15) is 14.4 Å². The highest BCUT2D eigenvalue weighted by Crippen LogP contribution is 2.42. The summed E-state index contributed by atoms with van der Waals surface area (Å²) in [5, 5.41) is 16.2. The highest BCUT2D eigenvalue weighted by molar-refractivity contribution is 5.73. The number of carbonyl (C=O) groups excluding carboxylic acids is 1. The summed E-state index contributed by atoms with van der Waals surface area (Å²) in [6.07, 6.45) is -0.0794. The second-order valence-electron chi connectivity index (χ2n) is 5.38. The molecular weight excluding hydrogens is 327 g/mol. The average Bonchev–Trinajstić information content (AvgIpc) is 2.96. The largest absolute Gasteiger partial charge is 0.466 e. The van der Waals surface area contributed by atoms with E-state index in [4.69, 9.17) is 15.2 Å². The van der Waals surface area contributed by atoms with Crippen molar-refractivity contribution >= 4 is 5.97 Å². The maximum atomic E-state index is 13.7. The van der Waals surface area contributed by atoms with Gasteiger partial charge in [-0.1, -0.05) is 12.1 Å². The zero-order valence-electron chi connectivity index (χ0n) is 13.4. The molecule has 1 aliphatic rings. The van der Waals surface area contributed by atoms with Gasteiger partial charge in [-0.05, 0) is 24.6 Å². The number of fused-ring (bicyclic) bond motifs is 1. The number of rotatable bonds is 4. The van der Waals surface area contributed by atoms with Gasteiger partial charge in [-0.15, -0.1) is 5.10 Å². The molecule has 0 saturated carbocycles. The molecule has 1 aliphatic heterocycles. The van der Waals surface area contributed by atoms with Crippen LogP contribution < -0.4 is 10.5 Å². The first-order chi connectivity index (χ1) is 12.0. The number of benzene rings is 1. The van der Waals surface area contributed by atoms with Gasteiger partial charge in [0.05, 0.1) is 30.2 Å². The first-order valence-electron chi connectivity index (χ1n) is 7.61. The predicted molar refractivity (Wildman–Crippen MR) is 84.6 cm³/mol. The van der Waals surface area contributed by atoms with Crippen LogP contribution in [0.1, 0.15) is 29.7 Å². The van der Waals surface area contributed by atoms with E-state index in [-0.39, 0.29) is 30.4 Å². The molecule has 8 heteroatoms. The van der Waals surface area contributed by atoms with Crippen molar-refractivity contribution < 1.29 is 18.7 Å². The molecule has 0 amide bonds. The standard InChI is InChI=1S/C17H15FN4O3/c1-2-24-13(23)7-12-15-14(9-4-3-5-10(18)6-9)11(8-19)16(20)25-17(15)22-21-12/h3-6,14H,2,7,20H2,1H3,(H,21,22)/t14-/m1/s1. The van der Waals surface area contributed by atoms with Gasteiger partial charge >= 0.3 is 5.97 Å². The highest BCUT2D eigenvalue weighted by Gasteiger charge is 2.35. The van der Waals surface area contributed by atoms with Crippen LogP contribution in [0.25, 0.3) is 0 Å². The van der Waals surface area contributed by atoms with Crippen molar-refractivity contribution in [2.75, 3.05) is 6.61 Å². The van der Waals surface area contributed by atoms with E-state index in [1.165, 1.54) is 18.2 Å². The fraction of sp³-hybridized carbons (Fsp3) is 0.235. The van der Waals surface area contributed by atoms with E-state index in [0.717, 1.165) is 0 Å². The molecule has 0 radical (unpaired) electrons. The van der Waals surface area contributed by atoms with Crippen LogP contribution in [0.15, 0.2) is 35.7 Å². The molecule has 3 N–H and O–H groups in total. The molecule has 3 rings (SSSR count). The fourth-order valence-corrected chi connectivity index (χ4v) is 2.82. The Hall–Kier alpha value is -3.34. The number of hydrogen-bond donors (Lipinski definition) is 2. The minimum atomic E-state index is -0.687. The van der Waals surface area contributed by atoms with Crippen LogP contribution in [0.3, 0.4) is 0 Å². The Bertz CT molecular complexity index is 898. The summed E-state index contributed by atoms with van der Waals surface area (Å²) in [6.45, 7) is 1.95. The number of ether oxygens (including phenoxy) is 2. The Labute approximate surface area is 142 Å². The van der Waals surface area contributed by atoms with E-state index < -0.39 is 17.7 Å². The molecule has 0 unspecified atom stereocenters. The number of nitriles is 1. The van der Waals surface area contributed by atoms with E-state index in [2.05, 4.69) is 10.2 Å². The van der Waals surface area contributed by atoms with Crippen molar-refractivity contribution in [2.45, 2.75) is 19.3 Å². The molecule has 1 aromatic heterocycles. The Morgan fingerprint density at radius 1 is 1.56 bits per heavy atom. The number of nitrogens with zero attached hydrogens (tertiary/aromatic N) is 2. The predicted octanol–water partition coefficient (Wildman–Crippen LogP) is 1.87. The molecule has 128 valence electrons. The maximum absolute atomic E-state index is 13.7. The SMILES string of the molecule is CCOC(=O)Cc1[nH]nc2c1[C@H](c1cccc(F)c1)C(C#N)=C(N)O2. The van der Waals surface area contributed by atoms with Crippen LogP contribution in [-0.4, -0.2) is 22.8 Å². The van der Waals surface area contributed by atoms with Crippen LogP contribution in [-0.2, 0) is 16.0 Å². The summed E-state index contributed by atoms with van der Waals surface area (Å²) in [5.41, 5.74) is 7.37.